The van der Waals surface area contributed by atoms with E-state index in [9.17, 15) is 4.21 Å². The molecule has 0 fully saturated rings. The molecule has 0 aliphatic carbocycles. The lowest BCUT2D eigenvalue weighted by Crippen LogP contribution is -2.25. The summed E-state index contributed by atoms with van der Waals surface area (Å²) in [5.74, 6) is 1.86. The Morgan fingerprint density at radius 2 is 1.93 bits per heavy atom. The van der Waals surface area contributed by atoms with Crippen molar-refractivity contribution in [1.29, 1.82) is 0 Å². The highest BCUT2D eigenvalue weighted by Crippen LogP contribution is 1.98. The fourth-order valence-electron chi connectivity index (χ4n) is 0.950. The summed E-state index contributed by atoms with van der Waals surface area (Å²) in [4.78, 5) is 0. The predicted molar refractivity (Wildman–Crippen MR) is 61.8 cm³/mol. The van der Waals surface area contributed by atoms with Crippen molar-refractivity contribution < 1.29 is 8.95 Å². The summed E-state index contributed by atoms with van der Waals surface area (Å²) in [6.45, 7) is 7.56. The van der Waals surface area contributed by atoms with E-state index >= 15 is 0 Å². The Labute approximate surface area is 89.9 Å². The standard InChI is InChI=1S/C10H23NO2S/c1-9(2)4-5-13-6-7-14(12)8-10(3)11/h9-10H,4-8,11H2,1-3H3. The second kappa shape index (κ2) is 8.38. The van der Waals surface area contributed by atoms with E-state index in [0.717, 1.165) is 13.0 Å². The van der Waals surface area contributed by atoms with Gasteiger partial charge in [-0.2, -0.15) is 0 Å². The fourth-order valence-corrected chi connectivity index (χ4v) is 2.01. The Morgan fingerprint density at radius 3 is 2.43 bits per heavy atom. The van der Waals surface area contributed by atoms with Crippen molar-refractivity contribution in [3.63, 3.8) is 0 Å². The second-order valence-electron chi connectivity index (χ2n) is 4.08. The van der Waals surface area contributed by atoms with Gasteiger partial charge in [0.2, 0.25) is 0 Å². The van der Waals surface area contributed by atoms with Crippen LogP contribution < -0.4 is 5.73 Å². The molecule has 0 saturated carbocycles. The Bertz CT molecular complexity index is 160. The van der Waals surface area contributed by atoms with Crippen LogP contribution in [0, 0.1) is 5.92 Å². The highest BCUT2D eigenvalue weighted by molar-refractivity contribution is 7.85. The summed E-state index contributed by atoms with van der Waals surface area (Å²) in [7, 11) is -0.814. The molecule has 0 saturated heterocycles. The zero-order valence-electron chi connectivity index (χ0n) is 9.49. The minimum atomic E-state index is -0.814. The lowest BCUT2D eigenvalue weighted by atomic mass is 10.1. The Morgan fingerprint density at radius 1 is 1.29 bits per heavy atom. The SMILES string of the molecule is CC(C)CCOCCS(=O)CC(C)N. The number of nitrogens with two attached hydrogens (primary N) is 1. The van der Waals surface area contributed by atoms with Crippen LogP contribution >= 0.6 is 0 Å². The van der Waals surface area contributed by atoms with Crippen LogP contribution in [0.5, 0.6) is 0 Å². The second-order valence-corrected chi connectivity index (χ2v) is 5.70. The van der Waals surface area contributed by atoms with Gasteiger partial charge < -0.3 is 10.5 Å². The van der Waals surface area contributed by atoms with Crippen LogP contribution in [0.2, 0.25) is 0 Å². The van der Waals surface area contributed by atoms with E-state index in [1.165, 1.54) is 0 Å². The first-order chi connectivity index (χ1) is 6.52. The first kappa shape index (κ1) is 14.1. The monoisotopic (exact) mass is 221 g/mol. The van der Waals surface area contributed by atoms with E-state index in [0.29, 0.717) is 24.0 Å². The van der Waals surface area contributed by atoms with Crippen molar-refractivity contribution in [2.24, 2.45) is 11.7 Å². The van der Waals surface area contributed by atoms with Crippen molar-refractivity contribution in [3.05, 3.63) is 0 Å². The highest BCUT2D eigenvalue weighted by atomic mass is 32.2. The third kappa shape index (κ3) is 10.2. The first-order valence-electron chi connectivity index (χ1n) is 5.20. The van der Waals surface area contributed by atoms with Gasteiger partial charge in [-0.1, -0.05) is 13.8 Å². The third-order valence-electron chi connectivity index (χ3n) is 1.74. The maximum absolute atomic E-state index is 11.3. The van der Waals surface area contributed by atoms with Gasteiger partial charge in [-0.3, -0.25) is 4.21 Å². The number of rotatable bonds is 8. The van der Waals surface area contributed by atoms with E-state index < -0.39 is 10.8 Å². The molecule has 0 aromatic carbocycles. The maximum atomic E-state index is 11.3. The molecule has 0 aromatic heterocycles. The van der Waals surface area contributed by atoms with Crippen LogP contribution in [0.3, 0.4) is 0 Å². The van der Waals surface area contributed by atoms with Crippen LogP contribution in [-0.2, 0) is 15.5 Å². The van der Waals surface area contributed by atoms with Crippen LogP contribution in [-0.4, -0.2) is 35.0 Å². The van der Waals surface area contributed by atoms with Crippen LogP contribution in [0.4, 0.5) is 0 Å². The minimum absolute atomic E-state index is 0.0199. The van der Waals surface area contributed by atoms with E-state index in [2.05, 4.69) is 13.8 Å². The van der Waals surface area contributed by atoms with Crippen LogP contribution in [0.25, 0.3) is 0 Å². The van der Waals surface area contributed by atoms with Crippen molar-refractivity contribution in [2.45, 2.75) is 33.2 Å². The lowest BCUT2D eigenvalue weighted by Gasteiger charge is -2.07. The van der Waals surface area contributed by atoms with Gasteiger partial charge in [0.1, 0.15) is 0 Å². The molecular weight excluding hydrogens is 198 g/mol. The quantitative estimate of drug-likeness (QED) is 0.625. The summed E-state index contributed by atoms with van der Waals surface area (Å²) in [6.07, 6.45) is 1.07. The molecule has 86 valence electrons. The molecular formula is C10H23NO2S. The van der Waals surface area contributed by atoms with Crippen molar-refractivity contribution in [2.75, 3.05) is 24.7 Å². The predicted octanol–water partition coefficient (Wildman–Crippen LogP) is 1.14. The Kier molecular flexibility index (Phi) is 8.43. The molecule has 2 N–H and O–H groups in total. The zero-order valence-corrected chi connectivity index (χ0v) is 10.3. The van der Waals surface area contributed by atoms with Crippen molar-refractivity contribution >= 4 is 10.8 Å². The molecule has 2 unspecified atom stereocenters. The van der Waals surface area contributed by atoms with Gasteiger partial charge in [-0.05, 0) is 19.3 Å². The first-order valence-corrected chi connectivity index (χ1v) is 6.69. The van der Waals surface area contributed by atoms with Gasteiger partial charge in [0.05, 0.1) is 6.61 Å². The molecule has 0 aliphatic heterocycles. The molecule has 0 amide bonds. The molecule has 4 heteroatoms. The summed E-state index contributed by atoms with van der Waals surface area (Å²) in [5, 5.41) is 0. The summed E-state index contributed by atoms with van der Waals surface area (Å²) in [5.41, 5.74) is 5.53. The van der Waals surface area contributed by atoms with Gasteiger partial charge in [0.25, 0.3) is 0 Å². The van der Waals surface area contributed by atoms with E-state index in [4.69, 9.17) is 10.5 Å². The molecule has 0 radical (unpaired) electrons. The van der Waals surface area contributed by atoms with E-state index in [1.807, 2.05) is 6.92 Å². The average molecular weight is 221 g/mol. The molecule has 2 atom stereocenters. The summed E-state index contributed by atoms with van der Waals surface area (Å²) >= 11 is 0. The van der Waals surface area contributed by atoms with E-state index in [1.54, 1.807) is 0 Å². The molecule has 14 heavy (non-hydrogen) atoms. The average Bonchev–Trinajstić information content (AvgIpc) is 2.01. The molecule has 0 heterocycles. The van der Waals surface area contributed by atoms with E-state index in [-0.39, 0.29) is 6.04 Å². The molecule has 3 nitrogen and oxygen atoms in total. The molecule has 0 aromatic rings. The highest BCUT2D eigenvalue weighted by Gasteiger charge is 2.03. The Hall–Kier alpha value is 0.0700. The molecule has 0 spiro atoms. The van der Waals surface area contributed by atoms with Gasteiger partial charge >= 0.3 is 0 Å². The molecule has 0 aliphatic rings. The zero-order chi connectivity index (χ0) is 11.0. The lowest BCUT2D eigenvalue weighted by molar-refractivity contribution is 0.138. The van der Waals surface area contributed by atoms with Crippen molar-refractivity contribution in [3.8, 4) is 0 Å². The van der Waals surface area contributed by atoms with Gasteiger partial charge in [0.15, 0.2) is 0 Å². The number of ether oxygens (including phenoxy) is 1. The minimum Gasteiger partial charge on any atom is -0.380 e. The summed E-state index contributed by atoms with van der Waals surface area (Å²) in [6, 6.07) is 0.0199. The van der Waals surface area contributed by atoms with Gasteiger partial charge in [0, 0.05) is 35.0 Å². The van der Waals surface area contributed by atoms with Crippen LogP contribution in [0.1, 0.15) is 27.2 Å². The largest absolute Gasteiger partial charge is 0.380 e. The topological polar surface area (TPSA) is 52.3 Å². The fraction of sp³-hybridized carbons (Fsp3) is 1.00. The van der Waals surface area contributed by atoms with Crippen molar-refractivity contribution in [1.82, 2.24) is 0 Å². The maximum Gasteiger partial charge on any atom is 0.0581 e. The molecule has 0 bridgehead atoms. The Balaban J connectivity index is 3.23. The van der Waals surface area contributed by atoms with Gasteiger partial charge in [-0.15, -0.1) is 0 Å². The molecule has 0 rings (SSSR count). The third-order valence-corrected chi connectivity index (χ3v) is 3.26. The summed E-state index contributed by atoms with van der Waals surface area (Å²) < 4.78 is 16.7. The smallest absolute Gasteiger partial charge is 0.0581 e. The number of hydrogen-bond donors (Lipinski definition) is 1. The normalized spacial score (nSPS) is 15.8. The van der Waals surface area contributed by atoms with Gasteiger partial charge in [-0.25, -0.2) is 0 Å². The van der Waals surface area contributed by atoms with Crippen LogP contribution in [0.15, 0.2) is 0 Å². The number of hydrogen-bond acceptors (Lipinski definition) is 3.